The molecule has 0 aromatic heterocycles. The van der Waals surface area contributed by atoms with Crippen LogP contribution in [0, 0.1) is 17.2 Å². The lowest BCUT2D eigenvalue weighted by atomic mass is 9.94. The normalized spacial score (nSPS) is 15.7. The highest BCUT2D eigenvalue weighted by Gasteiger charge is 2.30. The summed E-state index contributed by atoms with van der Waals surface area (Å²) in [5, 5.41) is 8.79. The van der Waals surface area contributed by atoms with E-state index in [1.54, 1.807) is 0 Å². The molecule has 0 aliphatic heterocycles. The fraction of sp³-hybridized carbons (Fsp3) is 0.947. The summed E-state index contributed by atoms with van der Waals surface area (Å²) in [6.45, 7) is 15.8. The molecular formula is C19H39N2O2P. The van der Waals surface area contributed by atoms with Gasteiger partial charge in [0.15, 0.2) is 0 Å². The van der Waals surface area contributed by atoms with E-state index in [4.69, 9.17) is 14.3 Å². The predicted octanol–water partition coefficient (Wildman–Crippen LogP) is 6.27. The van der Waals surface area contributed by atoms with E-state index in [1.165, 1.54) is 25.7 Å². The highest BCUT2D eigenvalue weighted by Crippen LogP contribution is 2.48. The van der Waals surface area contributed by atoms with Crippen LogP contribution in [0.4, 0.5) is 0 Å². The molecule has 0 aromatic rings. The average molecular weight is 359 g/mol. The van der Waals surface area contributed by atoms with Crippen LogP contribution < -0.4 is 0 Å². The van der Waals surface area contributed by atoms with Gasteiger partial charge in [-0.1, -0.05) is 39.5 Å². The second-order valence-electron chi connectivity index (χ2n) is 7.02. The van der Waals surface area contributed by atoms with E-state index in [0.29, 0.717) is 31.0 Å². The van der Waals surface area contributed by atoms with E-state index in [2.05, 4.69) is 59.2 Å². The van der Waals surface area contributed by atoms with Crippen molar-refractivity contribution in [1.29, 1.82) is 5.26 Å². The Hall–Kier alpha value is -0.200. The predicted molar refractivity (Wildman–Crippen MR) is 104 cm³/mol. The van der Waals surface area contributed by atoms with Crippen molar-refractivity contribution in [2.24, 2.45) is 5.92 Å². The zero-order valence-corrected chi connectivity index (χ0v) is 17.8. The van der Waals surface area contributed by atoms with E-state index in [1.807, 2.05) is 0 Å². The molecule has 3 atom stereocenters. The zero-order chi connectivity index (χ0) is 18.5. The smallest absolute Gasteiger partial charge is 0.259 e. The Labute approximate surface area is 151 Å². The molecule has 5 heteroatoms. The average Bonchev–Trinajstić information content (AvgIpc) is 2.50. The molecule has 0 amide bonds. The van der Waals surface area contributed by atoms with Gasteiger partial charge in [-0.2, -0.15) is 5.26 Å². The van der Waals surface area contributed by atoms with Crippen molar-refractivity contribution in [2.45, 2.75) is 105 Å². The van der Waals surface area contributed by atoms with Crippen LogP contribution in [0.2, 0.25) is 0 Å². The van der Waals surface area contributed by atoms with Gasteiger partial charge in [-0.3, -0.25) is 0 Å². The van der Waals surface area contributed by atoms with Crippen LogP contribution in [-0.4, -0.2) is 29.5 Å². The minimum atomic E-state index is -1.13. The molecule has 0 saturated carbocycles. The maximum absolute atomic E-state index is 8.79. The summed E-state index contributed by atoms with van der Waals surface area (Å²) in [6.07, 6.45) is 6.76. The molecule has 0 fully saturated rings. The van der Waals surface area contributed by atoms with Gasteiger partial charge in [0, 0.05) is 12.1 Å². The molecule has 0 bridgehead atoms. The first-order valence-corrected chi connectivity index (χ1v) is 10.8. The van der Waals surface area contributed by atoms with Crippen molar-refractivity contribution in [3.05, 3.63) is 0 Å². The summed E-state index contributed by atoms with van der Waals surface area (Å²) in [5.74, 6) is 0.572. The van der Waals surface area contributed by atoms with E-state index in [0.717, 1.165) is 6.42 Å². The highest BCUT2D eigenvalue weighted by atomic mass is 31.2. The lowest BCUT2D eigenvalue weighted by Crippen LogP contribution is -2.35. The molecule has 0 spiro atoms. The molecule has 0 radical (unpaired) electrons. The first kappa shape index (κ1) is 23.8. The number of hydrogen-bond donors (Lipinski definition) is 0. The lowest BCUT2D eigenvalue weighted by molar-refractivity contribution is 0.0985. The Kier molecular flexibility index (Phi) is 13.9. The molecule has 0 heterocycles. The third kappa shape index (κ3) is 9.33. The monoisotopic (exact) mass is 358 g/mol. The Morgan fingerprint density at radius 1 is 1.04 bits per heavy atom. The van der Waals surface area contributed by atoms with Gasteiger partial charge >= 0.3 is 0 Å². The first-order valence-electron chi connectivity index (χ1n) is 9.63. The van der Waals surface area contributed by atoms with Crippen LogP contribution >= 0.6 is 8.53 Å². The maximum atomic E-state index is 8.79. The summed E-state index contributed by atoms with van der Waals surface area (Å²) in [6, 6.07) is 2.86. The SMILES string of the molecule is CCCCCC(CC)C(C)OP(OCCC#N)N(C(C)C)C(C)C. The molecule has 4 nitrogen and oxygen atoms in total. The largest absolute Gasteiger partial charge is 0.321 e. The molecule has 0 N–H and O–H groups in total. The van der Waals surface area contributed by atoms with Gasteiger partial charge in [0.25, 0.3) is 8.53 Å². The van der Waals surface area contributed by atoms with Crippen LogP contribution in [0.25, 0.3) is 0 Å². The molecule has 0 rings (SSSR count). The van der Waals surface area contributed by atoms with E-state index in [9.17, 15) is 0 Å². The molecule has 0 saturated heterocycles. The summed E-state index contributed by atoms with van der Waals surface area (Å²) in [5.41, 5.74) is 0. The third-order valence-corrected chi connectivity index (χ3v) is 6.50. The summed E-state index contributed by atoms with van der Waals surface area (Å²) >= 11 is 0. The molecule has 142 valence electrons. The van der Waals surface area contributed by atoms with Crippen molar-refractivity contribution in [3.8, 4) is 6.07 Å². The van der Waals surface area contributed by atoms with Crippen LogP contribution in [0.1, 0.15) is 87.0 Å². The molecule has 24 heavy (non-hydrogen) atoms. The topological polar surface area (TPSA) is 45.5 Å². The van der Waals surface area contributed by atoms with Crippen LogP contribution in [0.15, 0.2) is 0 Å². The van der Waals surface area contributed by atoms with E-state index < -0.39 is 8.53 Å². The van der Waals surface area contributed by atoms with Gasteiger partial charge in [0.1, 0.15) is 0 Å². The Balaban J connectivity index is 4.89. The van der Waals surface area contributed by atoms with E-state index >= 15 is 0 Å². The minimum absolute atomic E-state index is 0.181. The first-order chi connectivity index (χ1) is 11.4. The molecule has 0 aromatic carbocycles. The minimum Gasteiger partial charge on any atom is -0.321 e. The number of nitrogens with zero attached hydrogens (tertiary/aromatic N) is 2. The summed E-state index contributed by atoms with van der Waals surface area (Å²) in [7, 11) is -1.13. The Bertz CT molecular complexity index is 337. The fourth-order valence-corrected chi connectivity index (χ4v) is 4.71. The highest BCUT2D eigenvalue weighted by molar-refractivity contribution is 7.44. The molecule has 0 aliphatic rings. The second kappa shape index (κ2) is 14.0. The Morgan fingerprint density at radius 2 is 1.67 bits per heavy atom. The van der Waals surface area contributed by atoms with Crippen LogP contribution in [-0.2, 0) is 9.05 Å². The number of rotatable bonds is 14. The summed E-state index contributed by atoms with van der Waals surface area (Å²) < 4.78 is 14.7. The van der Waals surface area contributed by atoms with E-state index in [-0.39, 0.29) is 6.10 Å². The van der Waals surface area contributed by atoms with Crippen molar-refractivity contribution in [3.63, 3.8) is 0 Å². The van der Waals surface area contributed by atoms with Gasteiger partial charge < -0.3 is 9.05 Å². The fourth-order valence-electron chi connectivity index (χ4n) is 2.95. The number of nitriles is 1. The van der Waals surface area contributed by atoms with Gasteiger partial charge in [-0.15, -0.1) is 0 Å². The molecule has 3 unspecified atom stereocenters. The summed E-state index contributed by atoms with van der Waals surface area (Å²) in [4.78, 5) is 0. The quantitative estimate of drug-likeness (QED) is 0.271. The van der Waals surface area contributed by atoms with Crippen molar-refractivity contribution in [2.75, 3.05) is 6.61 Å². The van der Waals surface area contributed by atoms with Gasteiger partial charge in [-0.05, 0) is 47.0 Å². The van der Waals surface area contributed by atoms with Crippen LogP contribution in [0.3, 0.4) is 0 Å². The third-order valence-electron chi connectivity index (χ3n) is 4.29. The standard InChI is InChI=1S/C19H39N2O2P/c1-8-10-11-13-19(9-2)18(7)23-24(22-15-12-14-20)21(16(3)4)17(5)6/h16-19H,8-13,15H2,1-7H3. The van der Waals surface area contributed by atoms with Crippen LogP contribution in [0.5, 0.6) is 0 Å². The number of hydrogen-bond acceptors (Lipinski definition) is 4. The van der Waals surface area contributed by atoms with Gasteiger partial charge in [-0.25, -0.2) is 4.67 Å². The van der Waals surface area contributed by atoms with Crippen molar-refractivity contribution >= 4 is 8.53 Å². The van der Waals surface area contributed by atoms with Crippen molar-refractivity contribution in [1.82, 2.24) is 4.67 Å². The Morgan fingerprint density at radius 3 is 2.12 bits per heavy atom. The zero-order valence-electron chi connectivity index (χ0n) is 16.9. The molecule has 0 aliphatic carbocycles. The van der Waals surface area contributed by atoms with Gasteiger partial charge in [0.2, 0.25) is 0 Å². The second-order valence-corrected chi connectivity index (χ2v) is 8.43. The van der Waals surface area contributed by atoms with Gasteiger partial charge in [0.05, 0.1) is 25.2 Å². The lowest BCUT2D eigenvalue weighted by Gasteiger charge is -2.38. The molecular weight excluding hydrogens is 319 g/mol. The maximum Gasteiger partial charge on any atom is 0.259 e. The van der Waals surface area contributed by atoms with Crippen molar-refractivity contribution < 1.29 is 9.05 Å². The number of unbranched alkanes of at least 4 members (excludes halogenated alkanes) is 2.